The van der Waals surface area contributed by atoms with Crippen LogP contribution in [0, 0.1) is 6.92 Å². The van der Waals surface area contributed by atoms with E-state index in [0.29, 0.717) is 6.61 Å². The maximum Gasteiger partial charge on any atom is 0.180 e. The molecule has 1 fully saturated rings. The Balaban J connectivity index is 1.70. The first-order chi connectivity index (χ1) is 11.2. The van der Waals surface area contributed by atoms with Gasteiger partial charge in [-0.15, -0.1) is 0 Å². The molecule has 1 unspecified atom stereocenters. The van der Waals surface area contributed by atoms with Gasteiger partial charge in [0.1, 0.15) is 17.7 Å². The van der Waals surface area contributed by atoms with E-state index in [1.165, 1.54) is 11.1 Å². The highest BCUT2D eigenvalue weighted by atomic mass is 16.5. The Bertz CT molecular complexity index is 656. The van der Waals surface area contributed by atoms with Crippen LogP contribution >= 0.6 is 0 Å². The number of aromatic nitrogens is 3. The Kier molecular flexibility index (Phi) is 4.93. The molecule has 3 rings (SSSR count). The highest BCUT2D eigenvalue weighted by Crippen LogP contribution is 2.25. The number of nitrogens with one attached hydrogen (secondary N) is 1. The second kappa shape index (κ2) is 7.10. The van der Waals surface area contributed by atoms with E-state index in [2.05, 4.69) is 46.1 Å². The van der Waals surface area contributed by atoms with E-state index in [9.17, 15) is 0 Å². The van der Waals surface area contributed by atoms with Crippen molar-refractivity contribution in [2.24, 2.45) is 0 Å². The lowest BCUT2D eigenvalue weighted by atomic mass is 10.1. The summed E-state index contributed by atoms with van der Waals surface area (Å²) < 4.78 is 11.3. The van der Waals surface area contributed by atoms with Gasteiger partial charge >= 0.3 is 0 Å². The van der Waals surface area contributed by atoms with Crippen LogP contribution in [0.3, 0.4) is 0 Å². The lowest BCUT2D eigenvalue weighted by Crippen LogP contribution is -2.38. The maximum atomic E-state index is 5.85. The van der Waals surface area contributed by atoms with Gasteiger partial charge in [-0.1, -0.05) is 24.6 Å². The summed E-state index contributed by atoms with van der Waals surface area (Å²) in [4.78, 5) is 6.87. The summed E-state index contributed by atoms with van der Waals surface area (Å²) >= 11 is 0. The zero-order chi connectivity index (χ0) is 16.2. The fraction of sp³-hybridized carbons (Fsp3) is 0.529. The molecule has 1 N–H and O–H groups in total. The topological polar surface area (TPSA) is 63.3 Å². The molecule has 2 heterocycles. The number of benzene rings is 1. The van der Waals surface area contributed by atoms with E-state index in [-0.39, 0.29) is 6.10 Å². The lowest BCUT2D eigenvalue weighted by molar-refractivity contribution is -0.0372. The van der Waals surface area contributed by atoms with Crippen LogP contribution in [-0.2, 0) is 17.7 Å². The number of nitrogens with zero attached hydrogens (tertiary/aromatic N) is 3. The molecule has 1 aromatic carbocycles. The molecule has 0 bridgehead atoms. The lowest BCUT2D eigenvalue weighted by Gasteiger charge is -2.32. The average molecular weight is 316 g/mol. The van der Waals surface area contributed by atoms with Crippen molar-refractivity contribution in [1.82, 2.24) is 20.1 Å². The number of hydrogen-bond donors (Lipinski definition) is 1. The zero-order valence-electron chi connectivity index (χ0n) is 14.0. The quantitative estimate of drug-likeness (QED) is 0.917. The molecule has 0 saturated carbocycles. The minimum atomic E-state index is -0.0731. The molecule has 1 aromatic heterocycles. The van der Waals surface area contributed by atoms with Crippen molar-refractivity contribution in [3.63, 3.8) is 0 Å². The van der Waals surface area contributed by atoms with Crippen LogP contribution in [-0.4, -0.2) is 46.9 Å². The molecule has 23 heavy (non-hydrogen) atoms. The molecule has 1 aliphatic rings. The van der Waals surface area contributed by atoms with Gasteiger partial charge in [0.05, 0.1) is 13.7 Å². The molecule has 0 radical (unpaired) electrons. The number of ether oxygens (including phenoxy) is 2. The Hall–Kier alpha value is -1.92. The Morgan fingerprint density at radius 3 is 3.04 bits per heavy atom. The van der Waals surface area contributed by atoms with Crippen molar-refractivity contribution in [3.05, 3.63) is 41.0 Å². The molecule has 0 amide bonds. The Morgan fingerprint density at radius 2 is 2.30 bits per heavy atom. The molecular weight excluding hydrogens is 292 g/mol. The van der Waals surface area contributed by atoms with Gasteiger partial charge in [-0.3, -0.25) is 10.00 Å². The first-order valence-electron chi connectivity index (χ1n) is 8.08. The number of H-pyrrole nitrogens is 1. The molecule has 1 atom stereocenters. The fourth-order valence-electron chi connectivity index (χ4n) is 2.89. The molecule has 1 aliphatic heterocycles. The van der Waals surface area contributed by atoms with Crippen molar-refractivity contribution in [2.45, 2.75) is 32.9 Å². The highest BCUT2D eigenvalue weighted by molar-refractivity contribution is 5.36. The number of morpholine rings is 1. The molecular formula is C17H24N4O2. The fourth-order valence-corrected chi connectivity index (χ4v) is 2.89. The van der Waals surface area contributed by atoms with Gasteiger partial charge in [0.15, 0.2) is 5.82 Å². The molecule has 0 spiro atoms. The third-order valence-corrected chi connectivity index (χ3v) is 4.15. The van der Waals surface area contributed by atoms with Crippen LogP contribution < -0.4 is 4.74 Å². The van der Waals surface area contributed by atoms with Crippen molar-refractivity contribution in [1.29, 1.82) is 0 Å². The highest BCUT2D eigenvalue weighted by Gasteiger charge is 2.25. The van der Waals surface area contributed by atoms with Gasteiger partial charge < -0.3 is 9.47 Å². The number of rotatable bonds is 5. The smallest absolute Gasteiger partial charge is 0.180 e. The van der Waals surface area contributed by atoms with Crippen molar-refractivity contribution in [2.75, 3.05) is 26.8 Å². The van der Waals surface area contributed by atoms with Crippen LogP contribution in [0.5, 0.6) is 5.75 Å². The van der Waals surface area contributed by atoms with Gasteiger partial charge in [-0.25, -0.2) is 4.98 Å². The van der Waals surface area contributed by atoms with Crippen LogP contribution in [0.15, 0.2) is 18.2 Å². The summed E-state index contributed by atoms with van der Waals surface area (Å²) in [5.74, 6) is 2.59. The van der Waals surface area contributed by atoms with Gasteiger partial charge in [-0.2, -0.15) is 5.10 Å². The second-order valence-electron chi connectivity index (χ2n) is 5.90. The first-order valence-corrected chi connectivity index (χ1v) is 8.08. The molecule has 0 aliphatic carbocycles. The third kappa shape index (κ3) is 3.71. The molecule has 6 heteroatoms. The molecule has 2 aromatic rings. The second-order valence-corrected chi connectivity index (χ2v) is 5.90. The SMILES string of the molecule is CCc1nc(C2CN(Cc3cc(C)ccc3OC)CCO2)n[nH]1. The summed E-state index contributed by atoms with van der Waals surface area (Å²) in [7, 11) is 1.72. The van der Waals surface area contributed by atoms with Crippen LogP contribution in [0.25, 0.3) is 0 Å². The van der Waals surface area contributed by atoms with E-state index >= 15 is 0 Å². The molecule has 1 saturated heterocycles. The number of methoxy groups -OCH3 is 1. The van der Waals surface area contributed by atoms with E-state index in [4.69, 9.17) is 9.47 Å². The minimum absolute atomic E-state index is 0.0731. The van der Waals surface area contributed by atoms with Crippen molar-refractivity contribution >= 4 is 0 Å². The van der Waals surface area contributed by atoms with Crippen LogP contribution in [0.2, 0.25) is 0 Å². The summed E-state index contributed by atoms with van der Waals surface area (Å²) in [6.45, 7) is 7.38. The largest absolute Gasteiger partial charge is 0.496 e. The van der Waals surface area contributed by atoms with Gasteiger partial charge in [-0.05, 0) is 13.0 Å². The van der Waals surface area contributed by atoms with E-state index in [1.807, 2.05) is 6.07 Å². The minimum Gasteiger partial charge on any atom is -0.496 e. The summed E-state index contributed by atoms with van der Waals surface area (Å²) in [6, 6.07) is 6.29. The number of hydrogen-bond acceptors (Lipinski definition) is 5. The summed E-state index contributed by atoms with van der Waals surface area (Å²) in [6.07, 6.45) is 0.778. The standard InChI is InChI=1S/C17H24N4O2/c1-4-16-18-17(20-19-16)15-11-21(7-8-23-15)10-13-9-12(2)5-6-14(13)22-3/h5-6,9,15H,4,7-8,10-11H2,1-3H3,(H,18,19,20). The first kappa shape index (κ1) is 16.0. The van der Waals surface area contributed by atoms with Gasteiger partial charge in [0.2, 0.25) is 0 Å². The van der Waals surface area contributed by atoms with Gasteiger partial charge in [0.25, 0.3) is 0 Å². The van der Waals surface area contributed by atoms with Crippen molar-refractivity contribution < 1.29 is 9.47 Å². The number of aromatic amines is 1. The average Bonchev–Trinajstić information content (AvgIpc) is 3.04. The Labute approximate surface area is 136 Å². The normalized spacial score (nSPS) is 19.0. The van der Waals surface area contributed by atoms with E-state index in [0.717, 1.165) is 43.5 Å². The van der Waals surface area contributed by atoms with Crippen LogP contribution in [0.4, 0.5) is 0 Å². The summed E-state index contributed by atoms with van der Waals surface area (Å²) in [5, 5.41) is 7.25. The predicted octanol–water partition coefficient (Wildman–Crippen LogP) is 2.26. The Morgan fingerprint density at radius 1 is 1.43 bits per heavy atom. The molecule has 124 valence electrons. The van der Waals surface area contributed by atoms with E-state index in [1.54, 1.807) is 7.11 Å². The maximum absolute atomic E-state index is 5.85. The van der Waals surface area contributed by atoms with Crippen LogP contribution in [0.1, 0.15) is 35.8 Å². The summed E-state index contributed by atoms with van der Waals surface area (Å²) in [5.41, 5.74) is 2.45. The van der Waals surface area contributed by atoms with Crippen molar-refractivity contribution in [3.8, 4) is 5.75 Å². The molecule has 6 nitrogen and oxygen atoms in total. The third-order valence-electron chi connectivity index (χ3n) is 4.15. The monoisotopic (exact) mass is 316 g/mol. The zero-order valence-corrected chi connectivity index (χ0v) is 14.0. The van der Waals surface area contributed by atoms with E-state index < -0.39 is 0 Å². The van der Waals surface area contributed by atoms with Gasteiger partial charge in [0, 0.05) is 31.6 Å². The number of aryl methyl sites for hydroxylation is 2. The predicted molar refractivity (Wildman–Crippen MR) is 87.5 cm³/mol.